The molecular weight excluding hydrogens is 265 g/mol. The van der Waals surface area contributed by atoms with Gasteiger partial charge in [0.1, 0.15) is 11.4 Å². The Bertz CT molecular complexity index is 634. The SMILES string of the molecule is Cc1nc(-c2cccc(C(F)(F)F)n2)c(C(=O)O)o1. The van der Waals surface area contributed by atoms with Crippen LogP contribution in [0.3, 0.4) is 0 Å². The van der Waals surface area contributed by atoms with Gasteiger partial charge in [0.25, 0.3) is 0 Å². The third-order valence-corrected chi connectivity index (χ3v) is 2.21. The van der Waals surface area contributed by atoms with Gasteiger partial charge in [0, 0.05) is 6.92 Å². The number of hydrogen-bond acceptors (Lipinski definition) is 4. The minimum atomic E-state index is -4.61. The van der Waals surface area contributed by atoms with Crippen molar-refractivity contribution in [1.82, 2.24) is 9.97 Å². The molecule has 0 aliphatic carbocycles. The van der Waals surface area contributed by atoms with Crippen molar-refractivity contribution in [3.8, 4) is 11.4 Å². The molecule has 0 atom stereocenters. The summed E-state index contributed by atoms with van der Waals surface area (Å²) in [5, 5.41) is 8.89. The fraction of sp³-hybridized carbons (Fsp3) is 0.182. The lowest BCUT2D eigenvalue weighted by molar-refractivity contribution is -0.141. The van der Waals surface area contributed by atoms with Gasteiger partial charge in [0.15, 0.2) is 5.89 Å². The van der Waals surface area contributed by atoms with Gasteiger partial charge in [-0.05, 0) is 12.1 Å². The number of pyridine rings is 1. The number of hydrogen-bond donors (Lipinski definition) is 1. The lowest BCUT2D eigenvalue weighted by Crippen LogP contribution is -2.08. The van der Waals surface area contributed by atoms with Gasteiger partial charge in [-0.25, -0.2) is 14.8 Å². The molecule has 0 radical (unpaired) electrons. The molecule has 0 aromatic carbocycles. The minimum Gasteiger partial charge on any atom is -0.475 e. The van der Waals surface area contributed by atoms with Crippen LogP contribution >= 0.6 is 0 Å². The molecule has 8 heteroatoms. The predicted molar refractivity (Wildman–Crippen MR) is 56.4 cm³/mol. The van der Waals surface area contributed by atoms with Crippen molar-refractivity contribution < 1.29 is 27.5 Å². The van der Waals surface area contributed by atoms with E-state index in [2.05, 4.69) is 9.97 Å². The van der Waals surface area contributed by atoms with E-state index < -0.39 is 23.6 Å². The Kier molecular flexibility index (Phi) is 3.01. The molecule has 0 amide bonds. The van der Waals surface area contributed by atoms with Crippen molar-refractivity contribution in [3.63, 3.8) is 0 Å². The first-order valence-electron chi connectivity index (χ1n) is 5.04. The third-order valence-electron chi connectivity index (χ3n) is 2.21. The highest BCUT2D eigenvalue weighted by Crippen LogP contribution is 2.30. The predicted octanol–water partition coefficient (Wildman–Crippen LogP) is 2.76. The fourth-order valence-electron chi connectivity index (χ4n) is 1.47. The van der Waals surface area contributed by atoms with Crippen molar-refractivity contribution >= 4 is 5.97 Å². The van der Waals surface area contributed by atoms with Crippen LogP contribution in [0.1, 0.15) is 22.1 Å². The van der Waals surface area contributed by atoms with Crippen molar-refractivity contribution in [2.24, 2.45) is 0 Å². The average molecular weight is 272 g/mol. The summed E-state index contributed by atoms with van der Waals surface area (Å²) >= 11 is 0. The number of carbonyl (C=O) groups is 1. The molecule has 2 heterocycles. The van der Waals surface area contributed by atoms with E-state index in [1.807, 2.05) is 0 Å². The maximum atomic E-state index is 12.5. The summed E-state index contributed by atoms with van der Waals surface area (Å²) in [6.07, 6.45) is -4.61. The van der Waals surface area contributed by atoms with Crippen LogP contribution in [0.15, 0.2) is 22.6 Å². The van der Waals surface area contributed by atoms with Crippen molar-refractivity contribution in [3.05, 3.63) is 35.5 Å². The zero-order chi connectivity index (χ0) is 14.2. The molecule has 0 fully saturated rings. The zero-order valence-corrected chi connectivity index (χ0v) is 9.52. The Labute approximate surface area is 104 Å². The van der Waals surface area contributed by atoms with Gasteiger partial charge in [-0.15, -0.1) is 0 Å². The highest BCUT2D eigenvalue weighted by molar-refractivity contribution is 5.91. The van der Waals surface area contributed by atoms with Crippen LogP contribution in [0.25, 0.3) is 11.4 Å². The van der Waals surface area contributed by atoms with Gasteiger partial charge >= 0.3 is 12.1 Å². The topological polar surface area (TPSA) is 76.2 Å². The standard InChI is InChI=1S/C11H7F3N2O3/c1-5-15-8(9(19-5)10(17)18)6-3-2-4-7(16-6)11(12,13)14/h2-4H,1H3,(H,17,18). The van der Waals surface area contributed by atoms with Crippen LogP contribution in [-0.2, 0) is 6.18 Å². The van der Waals surface area contributed by atoms with E-state index in [-0.39, 0.29) is 17.3 Å². The number of aromatic carboxylic acids is 1. The summed E-state index contributed by atoms with van der Waals surface area (Å²) in [7, 11) is 0. The van der Waals surface area contributed by atoms with Crippen molar-refractivity contribution in [2.75, 3.05) is 0 Å². The number of rotatable bonds is 2. The van der Waals surface area contributed by atoms with E-state index in [9.17, 15) is 18.0 Å². The van der Waals surface area contributed by atoms with Gasteiger partial charge in [-0.3, -0.25) is 0 Å². The van der Waals surface area contributed by atoms with E-state index in [1.54, 1.807) is 0 Å². The van der Waals surface area contributed by atoms with Crippen molar-refractivity contribution in [1.29, 1.82) is 0 Å². The van der Waals surface area contributed by atoms with Gasteiger partial charge in [-0.2, -0.15) is 13.2 Å². The largest absolute Gasteiger partial charge is 0.475 e. The van der Waals surface area contributed by atoms with Crippen molar-refractivity contribution in [2.45, 2.75) is 13.1 Å². The Morgan fingerprint density at radius 3 is 2.58 bits per heavy atom. The first kappa shape index (κ1) is 13.1. The van der Waals surface area contributed by atoms with Crippen LogP contribution in [0.2, 0.25) is 0 Å². The summed E-state index contributed by atoms with van der Waals surface area (Å²) in [5.74, 6) is -1.93. The van der Waals surface area contributed by atoms with E-state index in [0.29, 0.717) is 0 Å². The van der Waals surface area contributed by atoms with Crippen LogP contribution in [0.5, 0.6) is 0 Å². The van der Waals surface area contributed by atoms with E-state index in [4.69, 9.17) is 9.52 Å². The van der Waals surface area contributed by atoms with Gasteiger partial charge < -0.3 is 9.52 Å². The molecule has 0 saturated carbocycles. The number of halogens is 3. The van der Waals surface area contributed by atoms with E-state index in [0.717, 1.165) is 12.1 Å². The maximum absolute atomic E-state index is 12.5. The van der Waals surface area contributed by atoms with E-state index in [1.165, 1.54) is 13.0 Å². The molecular formula is C11H7F3N2O3. The second kappa shape index (κ2) is 4.38. The summed E-state index contributed by atoms with van der Waals surface area (Å²) in [5.41, 5.74) is -1.55. The number of aromatic nitrogens is 2. The number of alkyl halides is 3. The minimum absolute atomic E-state index is 0.0339. The van der Waals surface area contributed by atoms with Gasteiger partial charge in [-0.1, -0.05) is 6.07 Å². The summed E-state index contributed by atoms with van der Waals surface area (Å²) in [4.78, 5) is 18.0. The van der Waals surface area contributed by atoms with Crippen LogP contribution in [0.4, 0.5) is 13.2 Å². The molecule has 0 unspecified atom stereocenters. The molecule has 2 rings (SSSR count). The molecule has 5 nitrogen and oxygen atoms in total. The Morgan fingerprint density at radius 1 is 1.32 bits per heavy atom. The molecule has 0 bridgehead atoms. The molecule has 100 valence electrons. The molecule has 0 aliphatic heterocycles. The molecule has 0 aliphatic rings. The first-order valence-corrected chi connectivity index (χ1v) is 5.04. The molecule has 0 saturated heterocycles. The average Bonchev–Trinajstić information content (AvgIpc) is 2.71. The first-order chi connectivity index (χ1) is 8.79. The molecule has 1 N–H and O–H groups in total. The normalized spacial score (nSPS) is 11.6. The Hall–Kier alpha value is -2.38. The number of carboxylic acids is 1. The highest BCUT2D eigenvalue weighted by Gasteiger charge is 2.33. The zero-order valence-electron chi connectivity index (χ0n) is 9.52. The molecule has 0 spiro atoms. The second-order valence-electron chi connectivity index (χ2n) is 3.62. The summed E-state index contributed by atoms with van der Waals surface area (Å²) in [6, 6.07) is 3.15. The van der Waals surface area contributed by atoms with Gasteiger partial charge in [0.2, 0.25) is 5.76 Å². The Morgan fingerprint density at radius 2 is 2.00 bits per heavy atom. The fourth-order valence-corrected chi connectivity index (χ4v) is 1.47. The van der Waals surface area contributed by atoms with Crippen LogP contribution in [0, 0.1) is 6.92 Å². The van der Waals surface area contributed by atoms with E-state index >= 15 is 0 Å². The number of aryl methyl sites for hydroxylation is 1. The van der Waals surface area contributed by atoms with Crippen LogP contribution < -0.4 is 0 Å². The van der Waals surface area contributed by atoms with Crippen LogP contribution in [-0.4, -0.2) is 21.0 Å². The summed E-state index contributed by atoms with van der Waals surface area (Å²) in [6.45, 7) is 1.39. The number of oxazole rings is 1. The monoisotopic (exact) mass is 272 g/mol. The molecule has 2 aromatic rings. The second-order valence-corrected chi connectivity index (χ2v) is 3.62. The van der Waals surface area contributed by atoms with Gasteiger partial charge in [0.05, 0.1) is 5.69 Å². The molecule has 2 aromatic heterocycles. The third kappa shape index (κ3) is 2.56. The quantitative estimate of drug-likeness (QED) is 0.909. The lowest BCUT2D eigenvalue weighted by Gasteiger charge is -2.06. The maximum Gasteiger partial charge on any atom is 0.433 e. The number of carboxylic acid groups (broad SMARTS) is 1. The highest BCUT2D eigenvalue weighted by atomic mass is 19.4. The molecule has 19 heavy (non-hydrogen) atoms. The number of nitrogens with zero attached hydrogens (tertiary/aromatic N) is 2. The summed E-state index contributed by atoms with van der Waals surface area (Å²) < 4.78 is 42.4. The lowest BCUT2D eigenvalue weighted by atomic mass is 10.2. The Balaban J connectivity index is 2.57. The smallest absolute Gasteiger partial charge is 0.433 e.